The quantitative estimate of drug-likeness (QED) is 0.600. The molecular formula is C19H22O4. The molecule has 2 aromatic rings. The van der Waals surface area contributed by atoms with Crippen LogP contribution in [0.4, 0.5) is 0 Å². The Morgan fingerprint density at radius 2 is 1.78 bits per heavy atom. The van der Waals surface area contributed by atoms with Gasteiger partial charge in [-0.15, -0.1) is 0 Å². The normalized spacial score (nSPS) is 10.3. The van der Waals surface area contributed by atoms with Crippen molar-refractivity contribution in [2.75, 3.05) is 14.2 Å². The van der Waals surface area contributed by atoms with Crippen molar-refractivity contribution in [2.45, 2.75) is 26.7 Å². The number of rotatable bonds is 6. The van der Waals surface area contributed by atoms with Crippen molar-refractivity contribution < 1.29 is 19.0 Å². The zero-order valence-corrected chi connectivity index (χ0v) is 14.0. The van der Waals surface area contributed by atoms with Gasteiger partial charge in [0.1, 0.15) is 5.75 Å². The Bertz CT molecular complexity index is 692. The Morgan fingerprint density at radius 1 is 1.00 bits per heavy atom. The SMILES string of the molecule is COc1cccc(CCC(=O)Oc2ccc(C)cc2C)c1OC. The van der Waals surface area contributed by atoms with Crippen molar-refractivity contribution in [2.24, 2.45) is 0 Å². The molecular weight excluding hydrogens is 292 g/mol. The van der Waals surface area contributed by atoms with Crippen LogP contribution in [0.2, 0.25) is 0 Å². The molecule has 0 N–H and O–H groups in total. The predicted octanol–water partition coefficient (Wildman–Crippen LogP) is 3.86. The third kappa shape index (κ3) is 4.25. The van der Waals surface area contributed by atoms with Gasteiger partial charge < -0.3 is 14.2 Å². The van der Waals surface area contributed by atoms with E-state index < -0.39 is 0 Å². The first-order chi connectivity index (χ1) is 11.0. The fourth-order valence-electron chi connectivity index (χ4n) is 2.47. The van der Waals surface area contributed by atoms with E-state index in [1.54, 1.807) is 14.2 Å². The van der Waals surface area contributed by atoms with E-state index in [0.29, 0.717) is 23.7 Å². The minimum Gasteiger partial charge on any atom is -0.493 e. The van der Waals surface area contributed by atoms with Crippen molar-refractivity contribution in [3.63, 3.8) is 0 Å². The van der Waals surface area contributed by atoms with Crippen molar-refractivity contribution in [1.82, 2.24) is 0 Å². The summed E-state index contributed by atoms with van der Waals surface area (Å²) in [5.41, 5.74) is 3.02. The van der Waals surface area contributed by atoms with Crippen molar-refractivity contribution in [3.8, 4) is 17.2 Å². The van der Waals surface area contributed by atoms with Crippen LogP contribution >= 0.6 is 0 Å². The molecule has 0 heterocycles. The molecule has 23 heavy (non-hydrogen) atoms. The van der Waals surface area contributed by atoms with E-state index in [1.165, 1.54) is 0 Å². The van der Waals surface area contributed by atoms with E-state index in [1.807, 2.05) is 50.2 Å². The molecule has 0 radical (unpaired) electrons. The molecule has 122 valence electrons. The number of esters is 1. The van der Waals surface area contributed by atoms with E-state index in [4.69, 9.17) is 14.2 Å². The first-order valence-electron chi connectivity index (χ1n) is 7.53. The van der Waals surface area contributed by atoms with Gasteiger partial charge in [-0.3, -0.25) is 4.79 Å². The Balaban J connectivity index is 2.02. The van der Waals surface area contributed by atoms with E-state index in [0.717, 1.165) is 16.7 Å². The highest BCUT2D eigenvalue weighted by molar-refractivity contribution is 5.73. The third-order valence-corrected chi connectivity index (χ3v) is 3.64. The highest BCUT2D eigenvalue weighted by Gasteiger charge is 2.13. The fourth-order valence-corrected chi connectivity index (χ4v) is 2.47. The van der Waals surface area contributed by atoms with Gasteiger partial charge in [0.2, 0.25) is 0 Å². The summed E-state index contributed by atoms with van der Waals surface area (Å²) in [4.78, 5) is 12.1. The summed E-state index contributed by atoms with van der Waals surface area (Å²) in [7, 11) is 3.19. The number of aryl methyl sites for hydroxylation is 3. The van der Waals surface area contributed by atoms with Crippen LogP contribution < -0.4 is 14.2 Å². The van der Waals surface area contributed by atoms with Gasteiger partial charge in [-0.1, -0.05) is 29.8 Å². The lowest BCUT2D eigenvalue weighted by Gasteiger charge is -2.12. The lowest BCUT2D eigenvalue weighted by Crippen LogP contribution is -2.10. The standard InChI is InChI=1S/C19H22O4/c1-13-8-10-16(14(2)12-13)23-18(20)11-9-15-6-5-7-17(21-3)19(15)22-4/h5-8,10,12H,9,11H2,1-4H3. The molecule has 0 aliphatic heterocycles. The van der Waals surface area contributed by atoms with Crippen LogP contribution in [-0.2, 0) is 11.2 Å². The molecule has 0 fully saturated rings. The van der Waals surface area contributed by atoms with Gasteiger partial charge in [-0.05, 0) is 43.5 Å². The van der Waals surface area contributed by atoms with Crippen LogP contribution in [0.15, 0.2) is 36.4 Å². The first kappa shape index (κ1) is 16.9. The molecule has 0 bridgehead atoms. The number of methoxy groups -OCH3 is 2. The van der Waals surface area contributed by atoms with Crippen LogP contribution in [-0.4, -0.2) is 20.2 Å². The lowest BCUT2D eigenvalue weighted by molar-refractivity contribution is -0.134. The topological polar surface area (TPSA) is 44.8 Å². The minimum absolute atomic E-state index is 0.262. The third-order valence-electron chi connectivity index (χ3n) is 3.64. The van der Waals surface area contributed by atoms with Crippen LogP contribution in [0.25, 0.3) is 0 Å². The van der Waals surface area contributed by atoms with Crippen molar-refractivity contribution in [3.05, 3.63) is 53.1 Å². The minimum atomic E-state index is -0.262. The molecule has 4 nitrogen and oxygen atoms in total. The van der Waals surface area contributed by atoms with Gasteiger partial charge in [-0.2, -0.15) is 0 Å². The molecule has 0 spiro atoms. The Labute approximate surface area is 137 Å². The number of benzene rings is 2. The van der Waals surface area contributed by atoms with Gasteiger partial charge in [0, 0.05) is 0 Å². The number of carbonyl (C=O) groups is 1. The summed E-state index contributed by atoms with van der Waals surface area (Å²) in [6.45, 7) is 3.94. The largest absolute Gasteiger partial charge is 0.493 e. The number of carbonyl (C=O) groups excluding carboxylic acids is 1. The molecule has 0 aliphatic rings. The second-order valence-electron chi connectivity index (χ2n) is 5.40. The molecule has 0 amide bonds. The predicted molar refractivity (Wildman–Crippen MR) is 89.4 cm³/mol. The van der Waals surface area contributed by atoms with Crippen molar-refractivity contribution in [1.29, 1.82) is 0 Å². The van der Waals surface area contributed by atoms with E-state index in [-0.39, 0.29) is 12.4 Å². The molecule has 0 unspecified atom stereocenters. The molecule has 2 rings (SSSR count). The second kappa shape index (κ2) is 7.68. The second-order valence-corrected chi connectivity index (χ2v) is 5.40. The van der Waals surface area contributed by atoms with E-state index in [9.17, 15) is 4.79 Å². The summed E-state index contributed by atoms with van der Waals surface area (Å²) >= 11 is 0. The summed E-state index contributed by atoms with van der Waals surface area (Å²) in [5.74, 6) is 1.67. The van der Waals surface area contributed by atoms with Crippen LogP contribution in [0.1, 0.15) is 23.1 Å². The Kier molecular flexibility index (Phi) is 5.63. The smallest absolute Gasteiger partial charge is 0.311 e. The molecule has 0 atom stereocenters. The summed E-state index contributed by atoms with van der Waals surface area (Å²) in [6.07, 6.45) is 0.807. The highest BCUT2D eigenvalue weighted by Crippen LogP contribution is 2.31. The summed E-state index contributed by atoms with van der Waals surface area (Å²) in [5, 5.41) is 0. The van der Waals surface area contributed by atoms with E-state index in [2.05, 4.69) is 0 Å². The zero-order chi connectivity index (χ0) is 16.8. The molecule has 0 aromatic heterocycles. The molecule has 2 aromatic carbocycles. The Morgan fingerprint density at radius 3 is 2.43 bits per heavy atom. The number of ether oxygens (including phenoxy) is 3. The highest BCUT2D eigenvalue weighted by atomic mass is 16.5. The molecule has 0 saturated carbocycles. The zero-order valence-electron chi connectivity index (χ0n) is 14.0. The number of hydrogen-bond donors (Lipinski definition) is 0. The number of hydrogen-bond acceptors (Lipinski definition) is 4. The fraction of sp³-hybridized carbons (Fsp3) is 0.316. The lowest BCUT2D eigenvalue weighted by atomic mass is 10.1. The average Bonchev–Trinajstić information content (AvgIpc) is 2.55. The monoisotopic (exact) mass is 314 g/mol. The number of para-hydroxylation sites is 1. The molecule has 0 saturated heterocycles. The van der Waals surface area contributed by atoms with Crippen LogP contribution in [0, 0.1) is 13.8 Å². The maximum atomic E-state index is 12.1. The van der Waals surface area contributed by atoms with Crippen molar-refractivity contribution >= 4 is 5.97 Å². The average molecular weight is 314 g/mol. The first-order valence-corrected chi connectivity index (χ1v) is 7.53. The van der Waals surface area contributed by atoms with Gasteiger partial charge in [-0.25, -0.2) is 0 Å². The van der Waals surface area contributed by atoms with Gasteiger partial charge in [0.15, 0.2) is 11.5 Å². The maximum Gasteiger partial charge on any atom is 0.311 e. The van der Waals surface area contributed by atoms with E-state index >= 15 is 0 Å². The maximum absolute atomic E-state index is 12.1. The van der Waals surface area contributed by atoms with Gasteiger partial charge >= 0.3 is 5.97 Å². The van der Waals surface area contributed by atoms with Crippen LogP contribution in [0.3, 0.4) is 0 Å². The Hall–Kier alpha value is -2.49. The molecule has 4 heteroatoms. The van der Waals surface area contributed by atoms with Gasteiger partial charge in [0.05, 0.1) is 20.6 Å². The van der Waals surface area contributed by atoms with Crippen LogP contribution in [0.5, 0.6) is 17.2 Å². The molecule has 0 aliphatic carbocycles. The summed E-state index contributed by atoms with van der Waals surface area (Å²) in [6, 6.07) is 11.4. The van der Waals surface area contributed by atoms with Gasteiger partial charge in [0.25, 0.3) is 0 Å². The summed E-state index contributed by atoms with van der Waals surface area (Å²) < 4.78 is 16.1.